The summed E-state index contributed by atoms with van der Waals surface area (Å²) in [4.78, 5) is 27.6. The van der Waals surface area contributed by atoms with E-state index in [1.165, 1.54) is 12.3 Å². The molecular formula is C13H19ClN4O2. The number of amides is 2. The SMILES string of the molecule is CC(C)CNC(=O)C(C)NC(=O)c1cc(N)cnc1Cl. The van der Waals surface area contributed by atoms with Crippen molar-refractivity contribution in [2.45, 2.75) is 26.8 Å². The van der Waals surface area contributed by atoms with Gasteiger partial charge in [-0.1, -0.05) is 25.4 Å². The Balaban J connectivity index is 2.65. The highest BCUT2D eigenvalue weighted by Gasteiger charge is 2.19. The van der Waals surface area contributed by atoms with Crippen LogP contribution >= 0.6 is 11.6 Å². The molecule has 2 amide bonds. The molecule has 1 rings (SSSR count). The average Bonchev–Trinajstić information content (AvgIpc) is 2.38. The summed E-state index contributed by atoms with van der Waals surface area (Å²) in [5.41, 5.74) is 6.03. The molecular weight excluding hydrogens is 280 g/mol. The molecule has 0 aliphatic rings. The van der Waals surface area contributed by atoms with E-state index in [2.05, 4.69) is 15.6 Å². The summed E-state index contributed by atoms with van der Waals surface area (Å²) >= 11 is 5.83. The van der Waals surface area contributed by atoms with Crippen molar-refractivity contribution in [3.8, 4) is 0 Å². The van der Waals surface area contributed by atoms with Crippen molar-refractivity contribution in [1.82, 2.24) is 15.6 Å². The molecule has 7 heteroatoms. The van der Waals surface area contributed by atoms with Crippen LogP contribution in [0.25, 0.3) is 0 Å². The second-order valence-corrected chi connectivity index (χ2v) is 5.30. The Labute approximate surface area is 123 Å². The van der Waals surface area contributed by atoms with E-state index in [0.29, 0.717) is 18.2 Å². The number of hydrogen-bond donors (Lipinski definition) is 3. The van der Waals surface area contributed by atoms with E-state index in [9.17, 15) is 9.59 Å². The lowest BCUT2D eigenvalue weighted by molar-refractivity contribution is -0.122. The highest BCUT2D eigenvalue weighted by atomic mass is 35.5. The van der Waals surface area contributed by atoms with Gasteiger partial charge in [-0.05, 0) is 18.9 Å². The first-order valence-corrected chi connectivity index (χ1v) is 6.68. The Bertz CT molecular complexity index is 505. The number of aromatic nitrogens is 1. The van der Waals surface area contributed by atoms with Crippen molar-refractivity contribution in [3.05, 3.63) is 23.0 Å². The van der Waals surface area contributed by atoms with Gasteiger partial charge in [0.2, 0.25) is 5.91 Å². The van der Waals surface area contributed by atoms with Crippen molar-refractivity contribution < 1.29 is 9.59 Å². The van der Waals surface area contributed by atoms with Crippen LogP contribution in [0, 0.1) is 5.92 Å². The molecule has 0 aromatic carbocycles. The molecule has 0 saturated carbocycles. The fourth-order valence-electron chi connectivity index (χ4n) is 1.42. The number of anilines is 1. The summed E-state index contributed by atoms with van der Waals surface area (Å²) in [6.45, 7) is 6.13. The van der Waals surface area contributed by atoms with Gasteiger partial charge in [-0.3, -0.25) is 9.59 Å². The highest BCUT2D eigenvalue weighted by molar-refractivity contribution is 6.32. The number of nitrogens with zero attached hydrogens (tertiary/aromatic N) is 1. The average molecular weight is 299 g/mol. The molecule has 0 fully saturated rings. The minimum Gasteiger partial charge on any atom is -0.397 e. The van der Waals surface area contributed by atoms with Crippen molar-refractivity contribution in [2.24, 2.45) is 5.92 Å². The van der Waals surface area contributed by atoms with Crippen LogP contribution in [-0.2, 0) is 4.79 Å². The molecule has 0 aliphatic heterocycles. The fourth-order valence-corrected chi connectivity index (χ4v) is 1.61. The van der Waals surface area contributed by atoms with Crippen LogP contribution in [0.1, 0.15) is 31.1 Å². The minimum absolute atomic E-state index is 0.0477. The second kappa shape index (κ2) is 7.09. The van der Waals surface area contributed by atoms with Gasteiger partial charge in [-0.2, -0.15) is 0 Å². The standard InChI is InChI=1S/C13H19ClN4O2/c1-7(2)5-17-12(19)8(3)18-13(20)10-4-9(15)6-16-11(10)14/h4,6-8H,5,15H2,1-3H3,(H,17,19)(H,18,20). The number of nitrogen functional groups attached to an aromatic ring is 1. The van der Waals surface area contributed by atoms with E-state index in [0.717, 1.165) is 0 Å². The van der Waals surface area contributed by atoms with Crippen molar-refractivity contribution >= 4 is 29.1 Å². The molecule has 1 aromatic rings. The summed E-state index contributed by atoms with van der Waals surface area (Å²) in [5.74, 6) is -0.392. The van der Waals surface area contributed by atoms with Gasteiger partial charge in [0.05, 0.1) is 17.4 Å². The third kappa shape index (κ3) is 4.70. The summed E-state index contributed by atoms with van der Waals surface area (Å²) in [5, 5.41) is 5.34. The molecule has 1 unspecified atom stereocenters. The number of pyridine rings is 1. The van der Waals surface area contributed by atoms with E-state index in [4.69, 9.17) is 17.3 Å². The number of carbonyl (C=O) groups is 2. The van der Waals surface area contributed by atoms with Gasteiger partial charge < -0.3 is 16.4 Å². The number of nitrogens with two attached hydrogens (primary N) is 1. The maximum Gasteiger partial charge on any atom is 0.255 e. The van der Waals surface area contributed by atoms with Gasteiger partial charge in [-0.25, -0.2) is 4.98 Å². The van der Waals surface area contributed by atoms with E-state index < -0.39 is 11.9 Å². The summed E-state index contributed by atoms with van der Waals surface area (Å²) in [6.07, 6.45) is 1.36. The Morgan fingerprint density at radius 3 is 2.65 bits per heavy atom. The van der Waals surface area contributed by atoms with Crippen molar-refractivity contribution in [1.29, 1.82) is 0 Å². The van der Waals surface area contributed by atoms with Crippen LogP contribution in [-0.4, -0.2) is 29.4 Å². The van der Waals surface area contributed by atoms with E-state index in [1.54, 1.807) is 6.92 Å². The van der Waals surface area contributed by atoms with Crippen LogP contribution in [0.3, 0.4) is 0 Å². The van der Waals surface area contributed by atoms with Gasteiger partial charge in [0.15, 0.2) is 0 Å². The van der Waals surface area contributed by atoms with Crippen molar-refractivity contribution in [2.75, 3.05) is 12.3 Å². The van der Waals surface area contributed by atoms with Gasteiger partial charge >= 0.3 is 0 Å². The monoisotopic (exact) mass is 298 g/mol. The summed E-state index contributed by atoms with van der Waals surface area (Å²) in [6, 6.07) is 0.752. The molecule has 0 spiro atoms. The molecule has 0 bridgehead atoms. The molecule has 0 radical (unpaired) electrons. The first-order chi connectivity index (χ1) is 9.31. The Hall–Kier alpha value is -1.82. The Morgan fingerprint density at radius 2 is 2.05 bits per heavy atom. The third-order valence-corrected chi connectivity index (χ3v) is 2.83. The molecule has 110 valence electrons. The van der Waals surface area contributed by atoms with Crippen LogP contribution in [0.4, 0.5) is 5.69 Å². The van der Waals surface area contributed by atoms with Crippen LogP contribution in [0.15, 0.2) is 12.3 Å². The smallest absolute Gasteiger partial charge is 0.255 e. The molecule has 1 aromatic heterocycles. The van der Waals surface area contributed by atoms with Crippen LogP contribution in [0.2, 0.25) is 5.15 Å². The lowest BCUT2D eigenvalue weighted by Gasteiger charge is -2.15. The molecule has 0 saturated heterocycles. The lowest BCUT2D eigenvalue weighted by Crippen LogP contribution is -2.45. The quantitative estimate of drug-likeness (QED) is 0.712. The number of carbonyl (C=O) groups excluding carboxylic acids is 2. The molecule has 6 nitrogen and oxygen atoms in total. The molecule has 1 atom stereocenters. The maximum absolute atomic E-state index is 12.0. The first kappa shape index (κ1) is 16.2. The van der Waals surface area contributed by atoms with Gasteiger partial charge in [0, 0.05) is 6.54 Å². The zero-order chi connectivity index (χ0) is 15.3. The van der Waals surface area contributed by atoms with Gasteiger partial charge in [-0.15, -0.1) is 0 Å². The number of hydrogen-bond acceptors (Lipinski definition) is 4. The minimum atomic E-state index is -0.668. The first-order valence-electron chi connectivity index (χ1n) is 6.30. The molecule has 0 aliphatic carbocycles. The highest BCUT2D eigenvalue weighted by Crippen LogP contribution is 2.15. The van der Waals surface area contributed by atoms with Gasteiger partial charge in [0.25, 0.3) is 5.91 Å². The lowest BCUT2D eigenvalue weighted by atomic mass is 10.2. The topological polar surface area (TPSA) is 97.1 Å². The zero-order valence-corrected chi connectivity index (χ0v) is 12.5. The number of halogens is 1. The van der Waals surface area contributed by atoms with Gasteiger partial charge in [0.1, 0.15) is 11.2 Å². The summed E-state index contributed by atoms with van der Waals surface area (Å²) in [7, 11) is 0. The third-order valence-electron chi connectivity index (χ3n) is 2.53. The zero-order valence-electron chi connectivity index (χ0n) is 11.7. The Morgan fingerprint density at radius 1 is 1.40 bits per heavy atom. The van der Waals surface area contributed by atoms with E-state index >= 15 is 0 Å². The predicted octanol–water partition coefficient (Wildman–Crippen LogP) is 1.21. The second-order valence-electron chi connectivity index (χ2n) is 4.94. The van der Waals surface area contributed by atoms with E-state index in [1.807, 2.05) is 13.8 Å². The van der Waals surface area contributed by atoms with Crippen LogP contribution in [0.5, 0.6) is 0 Å². The summed E-state index contributed by atoms with van der Waals surface area (Å²) < 4.78 is 0. The largest absolute Gasteiger partial charge is 0.397 e. The molecule has 20 heavy (non-hydrogen) atoms. The fraction of sp³-hybridized carbons (Fsp3) is 0.462. The normalized spacial score (nSPS) is 12.1. The molecule has 1 heterocycles. The maximum atomic E-state index is 12.0. The van der Waals surface area contributed by atoms with E-state index in [-0.39, 0.29) is 16.6 Å². The number of rotatable bonds is 5. The van der Waals surface area contributed by atoms with Crippen molar-refractivity contribution in [3.63, 3.8) is 0 Å². The Kier molecular flexibility index (Phi) is 5.76. The van der Waals surface area contributed by atoms with Crippen LogP contribution < -0.4 is 16.4 Å². The predicted molar refractivity (Wildman–Crippen MR) is 78.4 cm³/mol. The molecule has 4 N–H and O–H groups in total. The number of nitrogens with one attached hydrogen (secondary N) is 2.